The number of hydrogen-bond donors (Lipinski definition) is 1. The predicted octanol–water partition coefficient (Wildman–Crippen LogP) is 8.99. The third-order valence-corrected chi connectivity index (χ3v) is 10.9. The first-order valence-corrected chi connectivity index (χ1v) is 17.6. The summed E-state index contributed by atoms with van der Waals surface area (Å²) >= 11 is 0. The van der Waals surface area contributed by atoms with E-state index in [0.29, 0.717) is 0 Å². The van der Waals surface area contributed by atoms with E-state index in [1.807, 2.05) is 0 Å². The Hall–Kier alpha value is -3.18. The topological polar surface area (TPSA) is 43.5 Å². The Morgan fingerprint density at radius 1 is 0.822 bits per heavy atom. The van der Waals surface area contributed by atoms with Gasteiger partial charge in [0.05, 0.1) is 31.6 Å². The van der Waals surface area contributed by atoms with Gasteiger partial charge in [-0.05, 0) is 84.4 Å². The second-order valence-electron chi connectivity index (χ2n) is 14.2. The van der Waals surface area contributed by atoms with Crippen LogP contribution in [0.1, 0.15) is 105 Å². The maximum Gasteiger partial charge on any atom is 0.303 e. The summed E-state index contributed by atoms with van der Waals surface area (Å²) in [6.45, 7) is 23.3. The van der Waals surface area contributed by atoms with Crippen LogP contribution in [0, 0.1) is 0 Å². The standard InChI is InChI=1S/C40H58N3O2/c1-8-43(9-2,10-3)31-20-12-19-30-42-35-25-17-15-23-33(35)40(6,7)37(42)27-21-26-36-39(4,5)32-22-14-16-24-34(32)41(36)29-18-11-13-28-38(44)45/h14-17,21-27H,8-13,18-20,28-31H2,1-7H3/q+1/p+1. The molecule has 0 bridgehead atoms. The van der Waals surface area contributed by atoms with Gasteiger partial charge in [-0.25, -0.2) is 0 Å². The molecule has 2 aromatic carbocycles. The fourth-order valence-corrected chi connectivity index (χ4v) is 7.76. The monoisotopic (exact) mass is 613 g/mol. The van der Waals surface area contributed by atoms with Gasteiger partial charge in [0.25, 0.3) is 0 Å². The summed E-state index contributed by atoms with van der Waals surface area (Å²) in [7, 11) is 0. The highest BCUT2D eigenvalue weighted by Gasteiger charge is 2.44. The molecule has 0 radical (unpaired) electrons. The average Bonchev–Trinajstić information content (AvgIpc) is 3.38. The highest BCUT2D eigenvalue weighted by molar-refractivity contribution is 6.03. The summed E-state index contributed by atoms with van der Waals surface area (Å²) < 4.78 is 3.70. The molecule has 0 fully saturated rings. The minimum absolute atomic E-state index is 0.0672. The zero-order valence-electron chi connectivity index (χ0n) is 29.2. The first-order valence-electron chi connectivity index (χ1n) is 17.6. The molecule has 45 heavy (non-hydrogen) atoms. The Morgan fingerprint density at radius 2 is 1.47 bits per heavy atom. The molecule has 0 aliphatic carbocycles. The molecule has 0 atom stereocenters. The van der Waals surface area contributed by atoms with Gasteiger partial charge < -0.3 is 14.5 Å². The van der Waals surface area contributed by atoms with Crippen molar-refractivity contribution in [2.45, 2.75) is 104 Å². The summed E-state index contributed by atoms with van der Waals surface area (Å²) in [6, 6.07) is 17.7. The van der Waals surface area contributed by atoms with Crippen LogP contribution < -0.4 is 4.90 Å². The Balaban J connectivity index is 1.56. The van der Waals surface area contributed by atoms with Gasteiger partial charge in [0, 0.05) is 53.9 Å². The van der Waals surface area contributed by atoms with Crippen LogP contribution in [0.5, 0.6) is 0 Å². The number of carboxylic acids is 1. The first kappa shape index (κ1) is 34.7. The highest BCUT2D eigenvalue weighted by atomic mass is 16.4. The van der Waals surface area contributed by atoms with Crippen molar-refractivity contribution < 1.29 is 19.0 Å². The molecule has 0 saturated carbocycles. The first-order chi connectivity index (χ1) is 21.5. The molecule has 5 heteroatoms. The fraction of sp³-hybridized carbons (Fsp3) is 0.550. The SMILES string of the molecule is CC[N+](CC)(CC)CCCCCN1/C(=C/C=C/C2=[N+](CCCCCC(=O)O)c3ccccc3C2(C)C)C(C)(C)c2ccccc21. The summed E-state index contributed by atoms with van der Waals surface area (Å²) in [6.07, 6.45) is 13.6. The average molecular weight is 614 g/mol. The zero-order valence-corrected chi connectivity index (χ0v) is 29.2. The quantitative estimate of drug-likeness (QED) is 0.110. The molecule has 244 valence electrons. The number of aliphatic carboxylic acids is 1. The molecule has 2 aromatic rings. The van der Waals surface area contributed by atoms with Gasteiger partial charge in [-0.1, -0.05) is 56.3 Å². The van der Waals surface area contributed by atoms with Crippen LogP contribution in [0.2, 0.25) is 0 Å². The predicted molar refractivity (Wildman–Crippen MR) is 190 cm³/mol. The second kappa shape index (κ2) is 14.9. The van der Waals surface area contributed by atoms with Crippen LogP contribution in [-0.2, 0) is 15.6 Å². The number of carbonyl (C=O) groups is 1. The van der Waals surface area contributed by atoms with Crippen LogP contribution in [0.3, 0.4) is 0 Å². The van der Waals surface area contributed by atoms with E-state index in [0.717, 1.165) is 32.4 Å². The van der Waals surface area contributed by atoms with E-state index in [4.69, 9.17) is 5.11 Å². The lowest BCUT2D eigenvalue weighted by Crippen LogP contribution is -2.48. The van der Waals surface area contributed by atoms with Gasteiger partial charge in [0.2, 0.25) is 5.69 Å². The molecule has 0 spiro atoms. The van der Waals surface area contributed by atoms with Crippen LogP contribution in [-0.4, -0.2) is 65.1 Å². The molecule has 2 aliphatic heterocycles. The third-order valence-electron chi connectivity index (χ3n) is 10.9. The molecule has 2 heterocycles. The molecular formula is C40H59N3O2+2. The maximum absolute atomic E-state index is 11.0. The zero-order chi connectivity index (χ0) is 32.7. The Kier molecular flexibility index (Phi) is 11.5. The van der Waals surface area contributed by atoms with Gasteiger partial charge in [-0.15, -0.1) is 0 Å². The van der Waals surface area contributed by atoms with E-state index in [9.17, 15) is 4.79 Å². The number of anilines is 1. The lowest BCUT2D eigenvalue weighted by molar-refractivity contribution is -0.923. The number of fused-ring (bicyclic) bond motifs is 2. The van der Waals surface area contributed by atoms with Crippen molar-refractivity contribution in [3.63, 3.8) is 0 Å². The number of nitrogens with zero attached hydrogens (tertiary/aromatic N) is 3. The summed E-state index contributed by atoms with van der Waals surface area (Å²) in [5.41, 5.74) is 7.90. The maximum atomic E-state index is 11.0. The van der Waals surface area contributed by atoms with Crippen molar-refractivity contribution in [2.24, 2.45) is 0 Å². The second-order valence-corrected chi connectivity index (χ2v) is 14.2. The van der Waals surface area contributed by atoms with Crippen molar-refractivity contribution in [3.05, 3.63) is 83.6 Å². The molecular weight excluding hydrogens is 554 g/mol. The lowest BCUT2D eigenvalue weighted by atomic mass is 9.81. The summed E-state index contributed by atoms with van der Waals surface area (Å²) in [5.74, 6) is -0.706. The summed E-state index contributed by atoms with van der Waals surface area (Å²) in [4.78, 5) is 13.6. The Morgan fingerprint density at radius 3 is 2.16 bits per heavy atom. The van der Waals surface area contributed by atoms with E-state index in [1.54, 1.807) is 0 Å². The Bertz CT molecular complexity index is 1400. The molecule has 4 rings (SSSR count). The van der Waals surface area contributed by atoms with Gasteiger partial charge in [0.15, 0.2) is 5.71 Å². The summed E-state index contributed by atoms with van der Waals surface area (Å²) in [5, 5.41) is 9.06. The van der Waals surface area contributed by atoms with E-state index >= 15 is 0 Å². The number of benzene rings is 2. The van der Waals surface area contributed by atoms with Crippen molar-refractivity contribution in [2.75, 3.05) is 44.2 Å². The van der Waals surface area contributed by atoms with Crippen LogP contribution in [0.15, 0.2) is 72.5 Å². The molecule has 0 unspecified atom stereocenters. The largest absolute Gasteiger partial charge is 0.481 e. The smallest absolute Gasteiger partial charge is 0.303 e. The van der Waals surface area contributed by atoms with Crippen LogP contribution >= 0.6 is 0 Å². The number of allylic oxidation sites excluding steroid dienone is 4. The third kappa shape index (κ3) is 7.46. The highest BCUT2D eigenvalue weighted by Crippen LogP contribution is 2.48. The van der Waals surface area contributed by atoms with E-state index in [1.165, 1.54) is 83.8 Å². The minimum atomic E-state index is -0.706. The normalized spacial score (nSPS) is 17.8. The fourth-order valence-electron chi connectivity index (χ4n) is 7.76. The molecule has 1 N–H and O–H groups in total. The number of unbranched alkanes of at least 4 members (excludes halogenated alkanes) is 4. The molecule has 5 nitrogen and oxygen atoms in total. The molecule has 0 aromatic heterocycles. The number of quaternary nitrogens is 1. The van der Waals surface area contributed by atoms with Crippen molar-refractivity contribution in [1.82, 2.24) is 0 Å². The van der Waals surface area contributed by atoms with Gasteiger partial charge in [-0.2, -0.15) is 4.58 Å². The number of hydrogen-bond acceptors (Lipinski definition) is 2. The number of rotatable bonds is 17. The van der Waals surface area contributed by atoms with Crippen molar-refractivity contribution in [3.8, 4) is 0 Å². The van der Waals surface area contributed by atoms with Crippen molar-refractivity contribution in [1.29, 1.82) is 0 Å². The lowest BCUT2D eigenvalue weighted by Gasteiger charge is -2.36. The van der Waals surface area contributed by atoms with E-state index in [2.05, 4.69) is 125 Å². The molecule has 2 aliphatic rings. The van der Waals surface area contributed by atoms with Crippen LogP contribution in [0.4, 0.5) is 11.4 Å². The van der Waals surface area contributed by atoms with E-state index < -0.39 is 5.97 Å². The number of para-hydroxylation sites is 2. The molecule has 0 amide bonds. The van der Waals surface area contributed by atoms with Gasteiger partial charge in [-0.3, -0.25) is 4.79 Å². The van der Waals surface area contributed by atoms with Crippen LogP contribution in [0.25, 0.3) is 0 Å². The number of carboxylic acid groups (broad SMARTS) is 1. The van der Waals surface area contributed by atoms with Gasteiger partial charge in [0.1, 0.15) is 6.54 Å². The minimum Gasteiger partial charge on any atom is -0.481 e. The van der Waals surface area contributed by atoms with Gasteiger partial charge >= 0.3 is 5.97 Å². The van der Waals surface area contributed by atoms with Crippen molar-refractivity contribution >= 4 is 23.1 Å². The Labute approximate surface area is 273 Å². The van der Waals surface area contributed by atoms with E-state index in [-0.39, 0.29) is 17.3 Å². The molecule has 0 saturated heterocycles.